The van der Waals surface area contributed by atoms with Crippen LogP contribution in [0.25, 0.3) is 0 Å². The van der Waals surface area contributed by atoms with Crippen LogP contribution in [0, 0.1) is 12.7 Å². The summed E-state index contributed by atoms with van der Waals surface area (Å²) in [6, 6.07) is 8.32. The van der Waals surface area contributed by atoms with Crippen molar-refractivity contribution >= 4 is 33.2 Å². The van der Waals surface area contributed by atoms with Crippen LogP contribution in [0.2, 0.25) is 0 Å². The van der Waals surface area contributed by atoms with Gasteiger partial charge in [-0.1, -0.05) is 6.42 Å². The highest BCUT2D eigenvalue weighted by Crippen LogP contribution is 2.35. The molecule has 1 fully saturated rings. The summed E-state index contributed by atoms with van der Waals surface area (Å²) in [5.74, 6) is -1.05. The van der Waals surface area contributed by atoms with Gasteiger partial charge in [0.1, 0.15) is 18.1 Å². The number of ether oxygens (including phenoxy) is 1. The summed E-state index contributed by atoms with van der Waals surface area (Å²) in [6.45, 7) is 1.98. The van der Waals surface area contributed by atoms with Crippen LogP contribution in [0.5, 0.6) is 5.75 Å². The maximum absolute atomic E-state index is 13.3. The van der Waals surface area contributed by atoms with Gasteiger partial charge in [-0.2, -0.15) is 4.31 Å². The molecule has 2 aliphatic rings. The molecule has 1 N–H and O–H groups in total. The summed E-state index contributed by atoms with van der Waals surface area (Å²) in [5, 5.41) is 2.67. The normalized spacial score (nSPS) is 16.9. The lowest BCUT2D eigenvalue weighted by Gasteiger charge is -2.30. The summed E-state index contributed by atoms with van der Waals surface area (Å²) in [5.41, 5.74) is 1.20. The van der Waals surface area contributed by atoms with E-state index in [1.165, 1.54) is 45.6 Å². The molecule has 4 rings (SSSR count). The Morgan fingerprint density at radius 2 is 1.88 bits per heavy atom. The number of nitrogens with zero attached hydrogens (tertiary/aromatic N) is 2. The van der Waals surface area contributed by atoms with Crippen LogP contribution in [0.15, 0.2) is 41.3 Å². The van der Waals surface area contributed by atoms with Crippen molar-refractivity contribution in [2.45, 2.75) is 31.1 Å². The van der Waals surface area contributed by atoms with Gasteiger partial charge < -0.3 is 10.1 Å². The average molecular weight is 462 g/mol. The molecule has 8 nitrogen and oxygen atoms in total. The molecule has 0 aliphatic carbocycles. The van der Waals surface area contributed by atoms with Crippen LogP contribution in [-0.4, -0.2) is 50.8 Å². The third-order valence-corrected chi connectivity index (χ3v) is 7.49. The fraction of sp³-hybridized carbons (Fsp3) is 0.364. The summed E-state index contributed by atoms with van der Waals surface area (Å²) >= 11 is 0. The van der Waals surface area contributed by atoms with Crippen LogP contribution in [-0.2, 0) is 19.6 Å². The molecule has 2 amide bonds. The van der Waals surface area contributed by atoms with Gasteiger partial charge in [0.05, 0.1) is 10.6 Å². The number of sulfonamides is 1. The zero-order valence-electron chi connectivity index (χ0n) is 17.6. The Kier molecular flexibility index (Phi) is 6.16. The SMILES string of the molecule is Cc1cc(F)ccc1NC(=O)CN1C(=O)COc2ccc(S(=O)(=O)N3CCCCC3)cc21. The van der Waals surface area contributed by atoms with E-state index in [2.05, 4.69) is 5.32 Å². The largest absolute Gasteiger partial charge is 0.482 e. The number of hydrogen-bond donors (Lipinski definition) is 1. The fourth-order valence-electron chi connectivity index (χ4n) is 3.87. The smallest absolute Gasteiger partial charge is 0.265 e. The summed E-state index contributed by atoms with van der Waals surface area (Å²) in [6.07, 6.45) is 2.61. The predicted octanol–water partition coefficient (Wildman–Crippen LogP) is 2.67. The Balaban J connectivity index is 1.59. The van der Waals surface area contributed by atoms with Crippen molar-refractivity contribution in [1.29, 1.82) is 0 Å². The molecule has 0 atom stereocenters. The van der Waals surface area contributed by atoms with E-state index in [0.717, 1.165) is 19.3 Å². The van der Waals surface area contributed by atoms with Gasteiger partial charge in [0.2, 0.25) is 15.9 Å². The molecule has 2 aliphatic heterocycles. The van der Waals surface area contributed by atoms with Crippen LogP contribution in [0.3, 0.4) is 0 Å². The van der Waals surface area contributed by atoms with Crippen LogP contribution >= 0.6 is 0 Å². The molecule has 2 heterocycles. The molecule has 1 saturated heterocycles. The Morgan fingerprint density at radius 3 is 2.59 bits per heavy atom. The van der Waals surface area contributed by atoms with Gasteiger partial charge in [0, 0.05) is 18.8 Å². The highest BCUT2D eigenvalue weighted by atomic mass is 32.2. The van der Waals surface area contributed by atoms with Gasteiger partial charge in [-0.05, 0) is 61.7 Å². The average Bonchev–Trinajstić information content (AvgIpc) is 2.78. The molecule has 32 heavy (non-hydrogen) atoms. The third-order valence-electron chi connectivity index (χ3n) is 5.59. The Labute approximate surface area is 186 Å². The number of halogens is 1. The molecule has 2 aromatic rings. The Hall–Kier alpha value is -2.98. The van der Waals surface area contributed by atoms with Crippen LogP contribution in [0.4, 0.5) is 15.8 Å². The summed E-state index contributed by atoms with van der Waals surface area (Å²) in [7, 11) is -3.72. The van der Waals surface area contributed by atoms with Crippen molar-refractivity contribution in [3.8, 4) is 5.75 Å². The van der Waals surface area contributed by atoms with Gasteiger partial charge in [0.25, 0.3) is 5.91 Å². The molecular formula is C22H24FN3O5S. The lowest BCUT2D eigenvalue weighted by Crippen LogP contribution is -2.43. The first-order chi connectivity index (χ1) is 15.3. The molecule has 0 spiro atoms. The standard InChI is InChI=1S/C22H24FN3O5S/c1-15-11-16(23)5-7-18(15)24-21(27)13-26-19-12-17(6-8-20(19)31-14-22(26)28)32(29,30)25-9-3-2-4-10-25/h5-8,11-12H,2-4,9-10,13-14H2,1H3,(H,24,27). The van der Waals surface area contributed by atoms with E-state index in [1.807, 2.05) is 0 Å². The number of carbonyl (C=O) groups excluding carboxylic acids is 2. The number of rotatable bonds is 5. The quantitative estimate of drug-likeness (QED) is 0.739. The first kappa shape index (κ1) is 22.2. The monoisotopic (exact) mass is 461 g/mol. The zero-order chi connectivity index (χ0) is 22.9. The van der Waals surface area contributed by atoms with Gasteiger partial charge in [-0.3, -0.25) is 14.5 Å². The van der Waals surface area contributed by atoms with Gasteiger partial charge in [-0.15, -0.1) is 0 Å². The predicted molar refractivity (Wildman–Crippen MR) is 117 cm³/mol. The summed E-state index contributed by atoms with van der Waals surface area (Å²) < 4.78 is 46.3. The lowest BCUT2D eigenvalue weighted by atomic mass is 10.2. The highest BCUT2D eigenvalue weighted by molar-refractivity contribution is 7.89. The number of amides is 2. The molecule has 0 unspecified atom stereocenters. The maximum Gasteiger partial charge on any atom is 0.265 e. The number of carbonyl (C=O) groups is 2. The number of fused-ring (bicyclic) bond motifs is 1. The van der Waals surface area contributed by atoms with E-state index < -0.39 is 27.7 Å². The number of aryl methyl sites for hydroxylation is 1. The van der Waals surface area contributed by atoms with E-state index in [0.29, 0.717) is 30.1 Å². The van der Waals surface area contributed by atoms with Crippen molar-refractivity contribution in [3.63, 3.8) is 0 Å². The minimum atomic E-state index is -3.72. The van der Waals surface area contributed by atoms with E-state index in [4.69, 9.17) is 4.74 Å². The topological polar surface area (TPSA) is 96.0 Å². The van der Waals surface area contributed by atoms with Crippen molar-refractivity contribution < 1.29 is 27.1 Å². The lowest BCUT2D eigenvalue weighted by molar-refractivity contribution is -0.123. The maximum atomic E-state index is 13.3. The van der Waals surface area contributed by atoms with E-state index in [1.54, 1.807) is 6.92 Å². The van der Waals surface area contributed by atoms with Crippen molar-refractivity contribution in [1.82, 2.24) is 4.31 Å². The second-order valence-corrected chi connectivity index (χ2v) is 9.81. The van der Waals surface area contributed by atoms with Crippen LogP contribution in [0.1, 0.15) is 24.8 Å². The van der Waals surface area contributed by atoms with E-state index in [9.17, 15) is 22.4 Å². The van der Waals surface area contributed by atoms with Gasteiger partial charge >= 0.3 is 0 Å². The molecule has 0 bridgehead atoms. The number of piperidine rings is 1. The van der Waals surface area contributed by atoms with Gasteiger partial charge in [-0.25, -0.2) is 12.8 Å². The van der Waals surface area contributed by atoms with Crippen LogP contribution < -0.4 is 15.0 Å². The first-order valence-electron chi connectivity index (χ1n) is 10.4. The molecule has 2 aromatic carbocycles. The number of benzene rings is 2. The zero-order valence-corrected chi connectivity index (χ0v) is 18.5. The third kappa shape index (κ3) is 4.46. The number of hydrogen-bond acceptors (Lipinski definition) is 5. The van der Waals surface area contributed by atoms with Crippen molar-refractivity contribution in [2.75, 3.05) is 36.5 Å². The molecular weight excluding hydrogens is 437 g/mol. The molecule has 10 heteroatoms. The second-order valence-electron chi connectivity index (χ2n) is 7.87. The number of nitrogens with one attached hydrogen (secondary N) is 1. The number of anilines is 2. The van der Waals surface area contributed by atoms with Crippen molar-refractivity contribution in [2.24, 2.45) is 0 Å². The Morgan fingerprint density at radius 1 is 1.12 bits per heavy atom. The fourth-order valence-corrected chi connectivity index (χ4v) is 5.41. The molecule has 0 saturated carbocycles. The minimum Gasteiger partial charge on any atom is -0.482 e. The molecule has 0 aromatic heterocycles. The molecule has 0 radical (unpaired) electrons. The van der Waals surface area contributed by atoms with E-state index >= 15 is 0 Å². The summed E-state index contributed by atoms with van der Waals surface area (Å²) in [4.78, 5) is 26.4. The Bertz CT molecular complexity index is 1160. The second kappa shape index (κ2) is 8.87. The highest BCUT2D eigenvalue weighted by Gasteiger charge is 2.31. The molecule has 170 valence electrons. The van der Waals surface area contributed by atoms with Crippen molar-refractivity contribution in [3.05, 3.63) is 47.8 Å². The first-order valence-corrected chi connectivity index (χ1v) is 11.8. The van der Waals surface area contributed by atoms with E-state index in [-0.39, 0.29) is 23.7 Å². The van der Waals surface area contributed by atoms with Gasteiger partial charge in [0.15, 0.2) is 6.61 Å². The minimum absolute atomic E-state index is 0.0521.